The molecule has 0 bridgehead atoms. The Bertz CT molecular complexity index is 501. The molecule has 3 N–H and O–H groups in total. The number of benzene rings is 1. The Morgan fingerprint density at radius 1 is 1.37 bits per heavy atom. The SMILES string of the molecule is N#Cc1cc(N)ccc1NCC(=O)N1CCCCC1. The quantitative estimate of drug-likeness (QED) is 0.806. The van der Waals surface area contributed by atoms with Crippen LogP contribution in [0, 0.1) is 11.3 Å². The number of carbonyl (C=O) groups excluding carboxylic acids is 1. The topological polar surface area (TPSA) is 82.1 Å². The molecule has 0 saturated carbocycles. The van der Waals surface area contributed by atoms with Gasteiger partial charge in [0.1, 0.15) is 6.07 Å². The molecule has 1 heterocycles. The molecule has 1 saturated heterocycles. The van der Waals surface area contributed by atoms with E-state index < -0.39 is 0 Å². The largest absolute Gasteiger partial charge is 0.399 e. The van der Waals surface area contributed by atoms with Crippen molar-refractivity contribution in [3.63, 3.8) is 0 Å². The third kappa shape index (κ3) is 3.38. The second-order valence-corrected chi connectivity index (χ2v) is 4.71. The van der Waals surface area contributed by atoms with Crippen LogP contribution in [0.4, 0.5) is 11.4 Å². The number of amides is 1. The molecular formula is C14H18N4O. The van der Waals surface area contributed by atoms with Gasteiger partial charge in [0.05, 0.1) is 17.8 Å². The standard InChI is InChI=1S/C14H18N4O/c15-9-11-8-12(16)4-5-13(11)17-10-14(19)18-6-2-1-3-7-18/h4-5,8,17H,1-3,6-7,10,16H2. The Hall–Kier alpha value is -2.22. The maximum atomic E-state index is 12.0. The van der Waals surface area contributed by atoms with Crippen molar-refractivity contribution in [1.82, 2.24) is 4.90 Å². The fraction of sp³-hybridized carbons (Fsp3) is 0.429. The molecule has 0 unspecified atom stereocenters. The Labute approximate surface area is 113 Å². The van der Waals surface area contributed by atoms with E-state index in [9.17, 15) is 4.79 Å². The summed E-state index contributed by atoms with van der Waals surface area (Å²) >= 11 is 0. The minimum Gasteiger partial charge on any atom is -0.399 e. The van der Waals surface area contributed by atoms with Crippen LogP contribution >= 0.6 is 0 Å². The summed E-state index contributed by atoms with van der Waals surface area (Å²) in [5, 5.41) is 12.0. The number of carbonyl (C=O) groups is 1. The highest BCUT2D eigenvalue weighted by molar-refractivity contribution is 5.81. The number of nitrogens with zero attached hydrogens (tertiary/aromatic N) is 2. The molecular weight excluding hydrogens is 240 g/mol. The van der Waals surface area contributed by atoms with Gasteiger partial charge in [-0.15, -0.1) is 0 Å². The summed E-state index contributed by atoms with van der Waals surface area (Å²) in [7, 11) is 0. The maximum absolute atomic E-state index is 12.0. The maximum Gasteiger partial charge on any atom is 0.241 e. The average molecular weight is 258 g/mol. The number of rotatable bonds is 3. The lowest BCUT2D eigenvalue weighted by atomic mass is 10.1. The van der Waals surface area contributed by atoms with Gasteiger partial charge in [0.2, 0.25) is 5.91 Å². The molecule has 1 aromatic carbocycles. The lowest BCUT2D eigenvalue weighted by molar-refractivity contribution is -0.130. The molecule has 1 amide bonds. The third-order valence-corrected chi connectivity index (χ3v) is 3.30. The van der Waals surface area contributed by atoms with E-state index in [1.807, 2.05) is 4.90 Å². The van der Waals surface area contributed by atoms with Gasteiger partial charge in [-0.2, -0.15) is 5.26 Å². The Morgan fingerprint density at radius 3 is 2.79 bits per heavy atom. The van der Waals surface area contributed by atoms with Gasteiger partial charge in [-0.25, -0.2) is 0 Å². The van der Waals surface area contributed by atoms with Crippen LogP contribution in [-0.2, 0) is 4.79 Å². The van der Waals surface area contributed by atoms with Gasteiger partial charge < -0.3 is 16.0 Å². The molecule has 19 heavy (non-hydrogen) atoms. The molecule has 0 atom stereocenters. The first-order chi connectivity index (χ1) is 9.20. The molecule has 0 aromatic heterocycles. The Balaban J connectivity index is 1.95. The van der Waals surface area contributed by atoms with Gasteiger partial charge >= 0.3 is 0 Å². The predicted molar refractivity (Wildman–Crippen MR) is 74.5 cm³/mol. The fourth-order valence-electron chi connectivity index (χ4n) is 2.23. The number of nitriles is 1. The van der Waals surface area contributed by atoms with Crippen LogP contribution in [-0.4, -0.2) is 30.4 Å². The first kappa shape index (κ1) is 13.2. The van der Waals surface area contributed by atoms with Crippen molar-refractivity contribution in [3.8, 4) is 6.07 Å². The highest BCUT2D eigenvalue weighted by Gasteiger charge is 2.16. The van der Waals surface area contributed by atoms with E-state index in [4.69, 9.17) is 11.0 Å². The molecule has 1 aliphatic heterocycles. The molecule has 1 aromatic rings. The zero-order valence-corrected chi connectivity index (χ0v) is 10.9. The van der Waals surface area contributed by atoms with Crippen LogP contribution in [0.2, 0.25) is 0 Å². The number of anilines is 2. The monoisotopic (exact) mass is 258 g/mol. The summed E-state index contributed by atoms with van der Waals surface area (Å²) in [5.74, 6) is 0.0837. The second kappa shape index (κ2) is 6.10. The predicted octanol–water partition coefficient (Wildman–Crippen LogP) is 1.56. The van der Waals surface area contributed by atoms with E-state index in [0.29, 0.717) is 16.9 Å². The zero-order valence-electron chi connectivity index (χ0n) is 10.9. The smallest absolute Gasteiger partial charge is 0.241 e. The van der Waals surface area contributed by atoms with Crippen molar-refractivity contribution >= 4 is 17.3 Å². The lowest BCUT2D eigenvalue weighted by Crippen LogP contribution is -2.39. The summed E-state index contributed by atoms with van der Waals surface area (Å²) in [6, 6.07) is 7.13. The average Bonchev–Trinajstić information content (AvgIpc) is 2.46. The number of likely N-dealkylation sites (tertiary alicyclic amines) is 1. The van der Waals surface area contributed by atoms with Gasteiger partial charge in [0, 0.05) is 18.8 Å². The third-order valence-electron chi connectivity index (χ3n) is 3.30. The van der Waals surface area contributed by atoms with Gasteiger partial charge in [-0.05, 0) is 37.5 Å². The number of piperidine rings is 1. The molecule has 5 heteroatoms. The van der Waals surface area contributed by atoms with E-state index in [1.54, 1.807) is 18.2 Å². The van der Waals surface area contributed by atoms with E-state index in [0.717, 1.165) is 25.9 Å². The zero-order chi connectivity index (χ0) is 13.7. The fourth-order valence-corrected chi connectivity index (χ4v) is 2.23. The van der Waals surface area contributed by atoms with Crippen molar-refractivity contribution in [3.05, 3.63) is 23.8 Å². The van der Waals surface area contributed by atoms with Crippen LogP contribution in [0.3, 0.4) is 0 Å². The molecule has 1 aliphatic rings. The van der Waals surface area contributed by atoms with Crippen LogP contribution in [0.1, 0.15) is 24.8 Å². The number of hydrogen-bond acceptors (Lipinski definition) is 4. The molecule has 5 nitrogen and oxygen atoms in total. The normalized spacial score (nSPS) is 14.8. The van der Waals surface area contributed by atoms with Gasteiger partial charge in [-0.1, -0.05) is 0 Å². The number of nitrogens with one attached hydrogen (secondary N) is 1. The first-order valence-electron chi connectivity index (χ1n) is 6.52. The van der Waals surface area contributed by atoms with E-state index in [2.05, 4.69) is 11.4 Å². The molecule has 2 rings (SSSR count). The number of nitrogens with two attached hydrogens (primary N) is 1. The Kier molecular flexibility index (Phi) is 4.24. The minimum absolute atomic E-state index is 0.0837. The summed E-state index contributed by atoms with van der Waals surface area (Å²) in [6.07, 6.45) is 3.36. The van der Waals surface area contributed by atoms with Crippen molar-refractivity contribution < 1.29 is 4.79 Å². The van der Waals surface area contributed by atoms with Crippen molar-refractivity contribution in [2.45, 2.75) is 19.3 Å². The number of hydrogen-bond donors (Lipinski definition) is 2. The van der Waals surface area contributed by atoms with Crippen LogP contribution < -0.4 is 11.1 Å². The lowest BCUT2D eigenvalue weighted by Gasteiger charge is -2.27. The Morgan fingerprint density at radius 2 is 2.11 bits per heavy atom. The first-order valence-corrected chi connectivity index (χ1v) is 6.52. The molecule has 1 fully saturated rings. The molecule has 0 aliphatic carbocycles. The molecule has 0 radical (unpaired) electrons. The van der Waals surface area contributed by atoms with Gasteiger partial charge in [0.25, 0.3) is 0 Å². The van der Waals surface area contributed by atoms with Crippen LogP contribution in [0.25, 0.3) is 0 Å². The minimum atomic E-state index is 0.0837. The summed E-state index contributed by atoms with van der Waals surface area (Å²) in [4.78, 5) is 13.9. The highest BCUT2D eigenvalue weighted by atomic mass is 16.2. The summed E-state index contributed by atoms with van der Waals surface area (Å²) in [6.45, 7) is 1.90. The molecule has 0 spiro atoms. The van der Waals surface area contributed by atoms with Crippen LogP contribution in [0.15, 0.2) is 18.2 Å². The van der Waals surface area contributed by atoms with E-state index in [1.165, 1.54) is 6.42 Å². The van der Waals surface area contributed by atoms with Crippen LogP contribution in [0.5, 0.6) is 0 Å². The summed E-state index contributed by atoms with van der Waals surface area (Å²) < 4.78 is 0. The second-order valence-electron chi connectivity index (χ2n) is 4.71. The molecule has 100 valence electrons. The van der Waals surface area contributed by atoms with Crippen molar-refractivity contribution in [1.29, 1.82) is 5.26 Å². The van der Waals surface area contributed by atoms with Crippen molar-refractivity contribution in [2.24, 2.45) is 0 Å². The van der Waals surface area contributed by atoms with Crippen molar-refractivity contribution in [2.75, 3.05) is 30.7 Å². The number of nitrogen functional groups attached to an aromatic ring is 1. The summed E-state index contributed by atoms with van der Waals surface area (Å²) in [5.41, 5.74) is 7.29. The van der Waals surface area contributed by atoms with Gasteiger partial charge in [-0.3, -0.25) is 4.79 Å². The van der Waals surface area contributed by atoms with E-state index >= 15 is 0 Å². The highest BCUT2D eigenvalue weighted by Crippen LogP contribution is 2.18. The van der Waals surface area contributed by atoms with E-state index in [-0.39, 0.29) is 12.5 Å². The van der Waals surface area contributed by atoms with Gasteiger partial charge in [0.15, 0.2) is 0 Å².